The molecule has 0 aromatic carbocycles. The van der Waals surface area contributed by atoms with Crippen LogP contribution in [0.15, 0.2) is 0 Å². The molecule has 3 heterocycles. The van der Waals surface area contributed by atoms with Crippen LogP contribution in [-0.2, 0) is 23.7 Å². The Labute approximate surface area is 195 Å². The number of nitrogens with one attached hydrogen (secondary N) is 1. The maximum atomic E-state index is 10.7. The van der Waals surface area contributed by atoms with Crippen molar-refractivity contribution in [3.8, 4) is 0 Å². The molecule has 0 aromatic heterocycles. The van der Waals surface area contributed by atoms with E-state index < -0.39 is 105 Å². The van der Waals surface area contributed by atoms with Crippen molar-refractivity contribution in [3.63, 3.8) is 0 Å². The highest BCUT2D eigenvalue weighted by Crippen LogP contribution is 2.32. The molecule has 3 aliphatic rings. The molecule has 3 saturated heterocycles. The van der Waals surface area contributed by atoms with Crippen LogP contribution in [0.2, 0.25) is 0 Å². The molecular weight excluding hydrogens is 466 g/mol. The van der Waals surface area contributed by atoms with Crippen LogP contribution in [0.4, 0.5) is 0 Å². The van der Waals surface area contributed by atoms with E-state index in [1.807, 2.05) is 0 Å². The van der Waals surface area contributed by atoms with Gasteiger partial charge in [0, 0.05) is 0 Å². The second-order valence-corrected chi connectivity index (χ2v) is 8.64. The van der Waals surface area contributed by atoms with E-state index in [9.17, 15) is 46.0 Å². The molecule has 0 amide bonds. The van der Waals surface area contributed by atoms with Gasteiger partial charge in [-0.25, -0.2) is 0 Å². The summed E-state index contributed by atoms with van der Waals surface area (Å²) < 4.78 is 27.1. The van der Waals surface area contributed by atoms with Gasteiger partial charge in [0.25, 0.3) is 0 Å². The molecule has 15 heteroatoms. The SMILES string of the molecule is CN[C@H]1[C@H](O)[C@@H](O)[C@@H](O[C@H]2[C@H](O)[C@@H](O)[C@@H](O[C@H]3[C@H](O)[C@@H](O)[C@H](O)O[C@@H]3CO)O[C@@H]2CO)O[C@@H]1C. The Hall–Kier alpha value is -0.600. The molecule has 3 rings (SSSR count). The Morgan fingerprint density at radius 2 is 1.12 bits per heavy atom. The highest BCUT2D eigenvalue weighted by Gasteiger charge is 2.52. The third-order valence-corrected chi connectivity index (χ3v) is 6.43. The van der Waals surface area contributed by atoms with E-state index in [4.69, 9.17) is 23.7 Å². The summed E-state index contributed by atoms with van der Waals surface area (Å²) in [6.07, 6.45) is -21.0. The molecule has 0 aromatic rings. The van der Waals surface area contributed by atoms with Crippen LogP contribution in [0.5, 0.6) is 0 Å². The predicted molar refractivity (Wildman–Crippen MR) is 107 cm³/mol. The molecule has 15 nitrogen and oxygen atoms in total. The van der Waals surface area contributed by atoms with Crippen molar-refractivity contribution in [3.05, 3.63) is 0 Å². The Morgan fingerprint density at radius 3 is 1.65 bits per heavy atom. The molecule has 10 N–H and O–H groups in total. The first-order valence-corrected chi connectivity index (χ1v) is 11.0. The number of aliphatic hydroxyl groups is 9. The van der Waals surface area contributed by atoms with Gasteiger partial charge < -0.3 is 75.0 Å². The molecule has 3 fully saturated rings. The van der Waals surface area contributed by atoms with Gasteiger partial charge in [0.05, 0.1) is 25.4 Å². The molecule has 0 spiro atoms. The Bertz CT molecular complexity index is 642. The lowest BCUT2D eigenvalue weighted by atomic mass is 9.95. The minimum Gasteiger partial charge on any atom is -0.394 e. The maximum Gasteiger partial charge on any atom is 0.187 e. The third-order valence-electron chi connectivity index (χ3n) is 6.43. The second kappa shape index (κ2) is 11.6. The third kappa shape index (κ3) is 5.39. The number of likely N-dealkylation sites (N-methyl/N-ethyl adjacent to an activating group) is 1. The standard InChI is InChI=1S/C19H35NO14/c1-5-8(20-2)9(23)13(27)18(30-5)33-16-7(4-22)32-19(14(28)11(16)25)34-15-6(3-21)31-17(29)12(26)10(15)24/h5-29H,3-4H2,1-2H3/t5-,6-,7-,8-,9+,10-,11-,12-,13-,14-,15-,16-,17-,18-,19-/m1/s1. The Kier molecular flexibility index (Phi) is 9.57. The van der Waals surface area contributed by atoms with Crippen LogP contribution >= 0.6 is 0 Å². The molecule has 0 bridgehead atoms. The van der Waals surface area contributed by atoms with Gasteiger partial charge in [0.15, 0.2) is 18.9 Å². The van der Waals surface area contributed by atoms with Crippen molar-refractivity contribution >= 4 is 0 Å². The highest BCUT2D eigenvalue weighted by molar-refractivity contribution is 4.96. The molecule has 34 heavy (non-hydrogen) atoms. The van der Waals surface area contributed by atoms with E-state index in [0.29, 0.717) is 0 Å². The zero-order valence-electron chi connectivity index (χ0n) is 18.6. The van der Waals surface area contributed by atoms with Gasteiger partial charge in [-0.3, -0.25) is 0 Å². The summed E-state index contributed by atoms with van der Waals surface area (Å²) in [6, 6.07) is -0.600. The summed E-state index contributed by atoms with van der Waals surface area (Å²) in [5.74, 6) is 0. The monoisotopic (exact) mass is 501 g/mol. The van der Waals surface area contributed by atoms with E-state index in [1.54, 1.807) is 14.0 Å². The number of aliphatic hydroxyl groups excluding tert-OH is 9. The van der Waals surface area contributed by atoms with Crippen LogP contribution in [0.1, 0.15) is 6.92 Å². The lowest BCUT2D eigenvalue weighted by molar-refractivity contribution is -0.373. The van der Waals surface area contributed by atoms with Crippen LogP contribution in [0.3, 0.4) is 0 Å². The lowest BCUT2D eigenvalue weighted by Crippen LogP contribution is -2.67. The number of hydrogen-bond acceptors (Lipinski definition) is 15. The first kappa shape index (κ1) is 28.0. The van der Waals surface area contributed by atoms with Gasteiger partial charge in [0.1, 0.15) is 61.0 Å². The zero-order chi connectivity index (χ0) is 25.3. The number of rotatable bonds is 7. The van der Waals surface area contributed by atoms with Crippen molar-refractivity contribution in [2.24, 2.45) is 0 Å². The molecule has 0 aliphatic carbocycles. The highest BCUT2D eigenvalue weighted by atomic mass is 16.7. The van der Waals surface area contributed by atoms with Gasteiger partial charge in [-0.15, -0.1) is 0 Å². The molecule has 0 radical (unpaired) electrons. The van der Waals surface area contributed by atoms with Crippen molar-refractivity contribution < 1.29 is 69.6 Å². The smallest absolute Gasteiger partial charge is 0.187 e. The van der Waals surface area contributed by atoms with Crippen molar-refractivity contribution in [1.29, 1.82) is 0 Å². The fraction of sp³-hybridized carbons (Fsp3) is 1.00. The first-order valence-electron chi connectivity index (χ1n) is 11.0. The van der Waals surface area contributed by atoms with Crippen molar-refractivity contribution in [1.82, 2.24) is 5.32 Å². The van der Waals surface area contributed by atoms with Crippen LogP contribution in [0.25, 0.3) is 0 Å². The summed E-state index contributed by atoms with van der Waals surface area (Å²) in [4.78, 5) is 0. The normalized spacial score (nSPS) is 52.5. The molecule has 3 aliphatic heterocycles. The maximum absolute atomic E-state index is 10.7. The molecule has 0 saturated carbocycles. The summed E-state index contributed by atoms with van der Waals surface area (Å²) in [5, 5.41) is 93.7. The van der Waals surface area contributed by atoms with Crippen molar-refractivity contribution in [2.75, 3.05) is 20.3 Å². The minimum atomic E-state index is -1.82. The van der Waals surface area contributed by atoms with Crippen LogP contribution in [0, 0.1) is 0 Å². The van der Waals surface area contributed by atoms with Crippen LogP contribution in [-0.4, -0.2) is 158 Å². The van der Waals surface area contributed by atoms with E-state index >= 15 is 0 Å². The lowest BCUT2D eigenvalue weighted by Gasteiger charge is -2.48. The van der Waals surface area contributed by atoms with E-state index in [1.165, 1.54) is 0 Å². The fourth-order valence-corrected chi connectivity index (χ4v) is 4.42. The van der Waals surface area contributed by atoms with Crippen LogP contribution < -0.4 is 5.32 Å². The van der Waals surface area contributed by atoms with E-state index in [-0.39, 0.29) is 0 Å². The average molecular weight is 501 g/mol. The van der Waals surface area contributed by atoms with E-state index in [2.05, 4.69) is 5.32 Å². The van der Waals surface area contributed by atoms with Crippen molar-refractivity contribution in [2.45, 2.75) is 99.0 Å². The quantitative estimate of drug-likeness (QED) is 0.156. The van der Waals surface area contributed by atoms with Gasteiger partial charge in [-0.2, -0.15) is 0 Å². The average Bonchev–Trinajstić information content (AvgIpc) is 2.81. The molecule has 0 unspecified atom stereocenters. The molecular formula is C19H35NO14. The van der Waals surface area contributed by atoms with Gasteiger partial charge >= 0.3 is 0 Å². The largest absolute Gasteiger partial charge is 0.394 e. The first-order chi connectivity index (χ1) is 16.0. The Balaban J connectivity index is 1.71. The van der Waals surface area contributed by atoms with E-state index in [0.717, 1.165) is 0 Å². The Morgan fingerprint density at radius 1 is 0.647 bits per heavy atom. The van der Waals surface area contributed by atoms with Gasteiger partial charge in [-0.1, -0.05) is 0 Å². The summed E-state index contributed by atoms with van der Waals surface area (Å²) >= 11 is 0. The topological polar surface area (TPSA) is 240 Å². The second-order valence-electron chi connectivity index (χ2n) is 8.64. The van der Waals surface area contributed by atoms with Gasteiger partial charge in [0.2, 0.25) is 0 Å². The zero-order valence-corrected chi connectivity index (χ0v) is 18.6. The predicted octanol–water partition coefficient (Wildman–Crippen LogP) is -6.32. The van der Waals surface area contributed by atoms with Gasteiger partial charge in [-0.05, 0) is 14.0 Å². The summed E-state index contributed by atoms with van der Waals surface area (Å²) in [6.45, 7) is 0.170. The summed E-state index contributed by atoms with van der Waals surface area (Å²) in [5.41, 5.74) is 0. The minimum absolute atomic E-state index is 0.600. The molecule has 15 atom stereocenters. The molecule has 200 valence electrons. The number of hydrogen-bond donors (Lipinski definition) is 10. The number of ether oxygens (including phenoxy) is 5. The fourth-order valence-electron chi connectivity index (χ4n) is 4.42. The summed E-state index contributed by atoms with van der Waals surface area (Å²) in [7, 11) is 1.58.